The highest BCUT2D eigenvalue weighted by Gasteiger charge is 2.06. The third-order valence-corrected chi connectivity index (χ3v) is 2.14. The van der Waals surface area contributed by atoms with Crippen molar-refractivity contribution in [1.29, 1.82) is 0 Å². The SMILES string of the molecule is CCOC(=O)Cc1ccccc1CC. The molecule has 0 aliphatic heterocycles. The minimum Gasteiger partial charge on any atom is -0.466 e. The molecule has 1 aromatic carbocycles. The molecule has 0 fully saturated rings. The van der Waals surface area contributed by atoms with Crippen LogP contribution in [0.5, 0.6) is 0 Å². The van der Waals surface area contributed by atoms with Gasteiger partial charge in [-0.05, 0) is 24.5 Å². The Morgan fingerprint density at radius 3 is 2.43 bits per heavy atom. The van der Waals surface area contributed by atoms with Crippen molar-refractivity contribution in [2.24, 2.45) is 0 Å². The maximum atomic E-state index is 11.3. The van der Waals surface area contributed by atoms with Gasteiger partial charge in [0, 0.05) is 0 Å². The van der Waals surface area contributed by atoms with Crippen LogP contribution in [0, 0.1) is 0 Å². The molecule has 0 saturated carbocycles. The van der Waals surface area contributed by atoms with Gasteiger partial charge in [-0.1, -0.05) is 31.2 Å². The summed E-state index contributed by atoms with van der Waals surface area (Å²) in [6.07, 6.45) is 1.34. The number of esters is 1. The zero-order valence-corrected chi connectivity index (χ0v) is 8.75. The van der Waals surface area contributed by atoms with Gasteiger partial charge in [-0.2, -0.15) is 0 Å². The Bertz CT molecular complexity index is 305. The minimum absolute atomic E-state index is 0.145. The molecule has 0 aromatic heterocycles. The van der Waals surface area contributed by atoms with Crippen LogP contribution in [0.2, 0.25) is 0 Å². The number of rotatable bonds is 4. The van der Waals surface area contributed by atoms with Gasteiger partial charge in [-0.25, -0.2) is 0 Å². The number of aryl methyl sites for hydroxylation is 1. The molecule has 0 amide bonds. The van der Waals surface area contributed by atoms with E-state index in [4.69, 9.17) is 4.74 Å². The zero-order valence-electron chi connectivity index (χ0n) is 8.75. The van der Waals surface area contributed by atoms with Gasteiger partial charge in [-0.15, -0.1) is 0 Å². The number of carbonyl (C=O) groups is 1. The van der Waals surface area contributed by atoms with Crippen LogP contribution in [-0.2, 0) is 22.4 Å². The van der Waals surface area contributed by atoms with Crippen LogP contribution in [0.15, 0.2) is 24.3 Å². The molecule has 0 heterocycles. The van der Waals surface area contributed by atoms with Crippen LogP contribution in [-0.4, -0.2) is 12.6 Å². The van der Waals surface area contributed by atoms with Crippen molar-refractivity contribution in [2.45, 2.75) is 26.7 Å². The summed E-state index contributed by atoms with van der Waals surface area (Å²) in [7, 11) is 0. The second-order valence-corrected chi connectivity index (χ2v) is 3.10. The topological polar surface area (TPSA) is 26.3 Å². The van der Waals surface area contributed by atoms with Gasteiger partial charge in [0.2, 0.25) is 0 Å². The minimum atomic E-state index is -0.145. The number of carbonyl (C=O) groups excluding carboxylic acids is 1. The van der Waals surface area contributed by atoms with Crippen LogP contribution in [0.1, 0.15) is 25.0 Å². The number of hydrogen-bond acceptors (Lipinski definition) is 2. The predicted octanol–water partition coefficient (Wildman–Crippen LogP) is 2.35. The molecule has 0 bridgehead atoms. The van der Waals surface area contributed by atoms with E-state index in [1.807, 2.05) is 25.1 Å². The first-order valence-corrected chi connectivity index (χ1v) is 5.00. The molecule has 0 radical (unpaired) electrons. The highest BCUT2D eigenvalue weighted by Crippen LogP contribution is 2.10. The molecule has 0 unspecified atom stereocenters. The molecule has 0 aliphatic rings. The molecule has 2 heteroatoms. The van der Waals surface area contributed by atoms with E-state index in [9.17, 15) is 4.79 Å². The molecular formula is C12H16O2. The van der Waals surface area contributed by atoms with Crippen molar-refractivity contribution in [2.75, 3.05) is 6.61 Å². The summed E-state index contributed by atoms with van der Waals surface area (Å²) < 4.78 is 4.91. The lowest BCUT2D eigenvalue weighted by Crippen LogP contribution is -2.08. The molecule has 0 atom stereocenters. The van der Waals surface area contributed by atoms with E-state index in [0.29, 0.717) is 13.0 Å². The molecule has 0 N–H and O–H groups in total. The first-order chi connectivity index (χ1) is 6.77. The van der Waals surface area contributed by atoms with E-state index in [1.54, 1.807) is 0 Å². The third-order valence-electron chi connectivity index (χ3n) is 2.14. The summed E-state index contributed by atoms with van der Waals surface area (Å²) in [5.74, 6) is -0.145. The Hall–Kier alpha value is -1.31. The quantitative estimate of drug-likeness (QED) is 0.684. The molecule has 0 spiro atoms. The van der Waals surface area contributed by atoms with E-state index in [1.165, 1.54) is 5.56 Å². The second kappa shape index (κ2) is 5.43. The van der Waals surface area contributed by atoms with Crippen molar-refractivity contribution in [3.63, 3.8) is 0 Å². The summed E-state index contributed by atoms with van der Waals surface area (Å²) in [6, 6.07) is 7.98. The Balaban J connectivity index is 2.70. The first-order valence-electron chi connectivity index (χ1n) is 5.00. The van der Waals surface area contributed by atoms with E-state index < -0.39 is 0 Å². The standard InChI is InChI=1S/C12H16O2/c1-3-10-7-5-6-8-11(10)9-12(13)14-4-2/h5-8H,3-4,9H2,1-2H3. The highest BCUT2D eigenvalue weighted by molar-refractivity contribution is 5.73. The smallest absolute Gasteiger partial charge is 0.310 e. The second-order valence-electron chi connectivity index (χ2n) is 3.10. The van der Waals surface area contributed by atoms with Crippen LogP contribution < -0.4 is 0 Å². The van der Waals surface area contributed by atoms with E-state index in [0.717, 1.165) is 12.0 Å². The number of hydrogen-bond donors (Lipinski definition) is 0. The van der Waals surface area contributed by atoms with Crippen LogP contribution in [0.25, 0.3) is 0 Å². The van der Waals surface area contributed by atoms with Gasteiger partial charge in [0.25, 0.3) is 0 Å². The average molecular weight is 192 g/mol. The van der Waals surface area contributed by atoms with Crippen molar-refractivity contribution < 1.29 is 9.53 Å². The maximum absolute atomic E-state index is 11.3. The van der Waals surface area contributed by atoms with Crippen molar-refractivity contribution in [3.8, 4) is 0 Å². The zero-order chi connectivity index (χ0) is 10.4. The van der Waals surface area contributed by atoms with Crippen molar-refractivity contribution in [3.05, 3.63) is 35.4 Å². The molecular weight excluding hydrogens is 176 g/mol. The van der Waals surface area contributed by atoms with Crippen LogP contribution >= 0.6 is 0 Å². The Kier molecular flexibility index (Phi) is 4.17. The molecule has 2 nitrogen and oxygen atoms in total. The Labute approximate surface area is 84.9 Å². The van der Waals surface area contributed by atoms with Gasteiger partial charge >= 0.3 is 5.97 Å². The lowest BCUT2D eigenvalue weighted by atomic mass is 10.0. The Morgan fingerprint density at radius 1 is 1.21 bits per heavy atom. The van der Waals surface area contributed by atoms with E-state index in [2.05, 4.69) is 13.0 Å². The lowest BCUT2D eigenvalue weighted by molar-refractivity contribution is -0.142. The van der Waals surface area contributed by atoms with Gasteiger partial charge in [0.15, 0.2) is 0 Å². The summed E-state index contributed by atoms with van der Waals surface area (Å²) in [6.45, 7) is 4.36. The average Bonchev–Trinajstić information content (AvgIpc) is 2.19. The lowest BCUT2D eigenvalue weighted by Gasteiger charge is -2.06. The number of benzene rings is 1. The van der Waals surface area contributed by atoms with Gasteiger partial charge in [-0.3, -0.25) is 4.79 Å². The summed E-state index contributed by atoms with van der Waals surface area (Å²) in [4.78, 5) is 11.3. The van der Waals surface area contributed by atoms with Crippen LogP contribution in [0.3, 0.4) is 0 Å². The predicted molar refractivity (Wildman–Crippen MR) is 56.2 cm³/mol. The summed E-state index contributed by atoms with van der Waals surface area (Å²) in [5, 5.41) is 0. The maximum Gasteiger partial charge on any atom is 0.310 e. The monoisotopic (exact) mass is 192 g/mol. The third kappa shape index (κ3) is 2.87. The number of ether oxygens (including phenoxy) is 1. The fraction of sp³-hybridized carbons (Fsp3) is 0.417. The summed E-state index contributed by atoms with van der Waals surface area (Å²) in [5.41, 5.74) is 2.30. The molecule has 1 rings (SSSR count). The Morgan fingerprint density at radius 2 is 1.86 bits per heavy atom. The molecule has 0 aliphatic carbocycles. The van der Waals surface area contributed by atoms with Crippen molar-refractivity contribution in [1.82, 2.24) is 0 Å². The van der Waals surface area contributed by atoms with E-state index in [-0.39, 0.29) is 5.97 Å². The van der Waals surface area contributed by atoms with Gasteiger partial charge in [0.05, 0.1) is 13.0 Å². The van der Waals surface area contributed by atoms with Crippen LogP contribution in [0.4, 0.5) is 0 Å². The first kappa shape index (κ1) is 10.8. The normalized spacial score (nSPS) is 9.86. The molecule has 14 heavy (non-hydrogen) atoms. The summed E-state index contributed by atoms with van der Waals surface area (Å²) >= 11 is 0. The van der Waals surface area contributed by atoms with Crippen molar-refractivity contribution >= 4 is 5.97 Å². The largest absolute Gasteiger partial charge is 0.466 e. The van der Waals surface area contributed by atoms with E-state index >= 15 is 0 Å². The fourth-order valence-electron chi connectivity index (χ4n) is 1.44. The van der Waals surface area contributed by atoms with Gasteiger partial charge in [0.1, 0.15) is 0 Å². The highest BCUT2D eigenvalue weighted by atomic mass is 16.5. The molecule has 1 aromatic rings. The molecule has 76 valence electrons. The van der Waals surface area contributed by atoms with Gasteiger partial charge < -0.3 is 4.74 Å². The molecule has 0 saturated heterocycles. The fourth-order valence-corrected chi connectivity index (χ4v) is 1.44.